The molecule has 4 N–H and O–H groups in total. The summed E-state index contributed by atoms with van der Waals surface area (Å²) in [6.07, 6.45) is 40.5. The van der Waals surface area contributed by atoms with Crippen molar-refractivity contribution in [2.45, 2.75) is 233 Å². The molecule has 0 heterocycles. The van der Waals surface area contributed by atoms with Crippen molar-refractivity contribution in [3.8, 4) is 34.1 Å². The zero-order valence-corrected chi connectivity index (χ0v) is 47.3. The first kappa shape index (κ1) is 62.8. The molecule has 0 aromatic heterocycles. The molecule has 0 aliphatic carbocycles. The molecule has 0 saturated heterocycles. The number of aryl methyl sites for hydroxylation is 2. The van der Waals surface area contributed by atoms with Gasteiger partial charge in [-0.1, -0.05) is 219 Å². The van der Waals surface area contributed by atoms with Crippen molar-refractivity contribution in [2.75, 3.05) is 13.1 Å². The molecular formula is C64H96N6O6. The zero-order chi connectivity index (χ0) is 54.3. The lowest BCUT2D eigenvalue weighted by Crippen LogP contribution is -2.27. The van der Waals surface area contributed by atoms with Gasteiger partial charge in [-0.2, -0.15) is 10.2 Å². The number of nitrogens with one attached hydrogen (secondary N) is 2. The van der Waals surface area contributed by atoms with Gasteiger partial charge >= 0.3 is 12.2 Å². The fourth-order valence-corrected chi connectivity index (χ4v) is 9.43. The van der Waals surface area contributed by atoms with Crippen LogP contribution in [-0.4, -0.2) is 35.5 Å². The van der Waals surface area contributed by atoms with E-state index in [1.165, 1.54) is 192 Å². The molecule has 0 spiro atoms. The third-order valence-corrected chi connectivity index (χ3v) is 14.2. The number of aromatic hydroxyl groups is 2. The van der Waals surface area contributed by atoms with Crippen LogP contribution in [0.4, 0.5) is 32.3 Å². The molecule has 12 nitrogen and oxygen atoms in total. The highest BCUT2D eigenvalue weighted by molar-refractivity contribution is 5.72. The highest BCUT2D eigenvalue weighted by Gasteiger charge is 2.11. The van der Waals surface area contributed by atoms with E-state index in [2.05, 4.69) is 44.9 Å². The lowest BCUT2D eigenvalue weighted by Gasteiger charge is -2.09. The van der Waals surface area contributed by atoms with Gasteiger partial charge in [0.15, 0.2) is 0 Å². The summed E-state index contributed by atoms with van der Waals surface area (Å²) in [5.41, 5.74) is 5.51. The number of nitrogens with zero attached hydrogens (tertiary/aromatic N) is 4. The molecular weight excluding hydrogens is 949 g/mol. The summed E-state index contributed by atoms with van der Waals surface area (Å²) in [6.45, 7) is 9.53. The average Bonchev–Trinajstić information content (AvgIpc) is 3.40. The van der Waals surface area contributed by atoms with Crippen LogP contribution < -0.4 is 20.1 Å². The van der Waals surface area contributed by atoms with Crippen molar-refractivity contribution >= 4 is 34.9 Å². The topological polar surface area (TPSA) is 167 Å². The smallest absolute Gasteiger partial charge is 0.412 e. The lowest BCUT2D eigenvalue weighted by atomic mass is 10.0. The molecule has 0 saturated carbocycles. The minimum absolute atomic E-state index is 0.148. The summed E-state index contributed by atoms with van der Waals surface area (Å²) in [7, 11) is 0. The van der Waals surface area contributed by atoms with Crippen LogP contribution in [0.15, 0.2) is 93.3 Å². The second kappa shape index (κ2) is 39.6. The molecule has 4 rings (SSSR count). The van der Waals surface area contributed by atoms with Crippen molar-refractivity contribution in [1.29, 1.82) is 0 Å². The monoisotopic (exact) mass is 1040 g/mol. The Balaban J connectivity index is 1.08. The van der Waals surface area contributed by atoms with E-state index < -0.39 is 12.2 Å². The van der Waals surface area contributed by atoms with E-state index in [0.717, 1.165) is 47.9 Å². The van der Waals surface area contributed by atoms with Crippen LogP contribution in [0.5, 0.6) is 23.0 Å². The van der Waals surface area contributed by atoms with Crippen LogP contribution in [0.25, 0.3) is 11.1 Å². The third-order valence-electron chi connectivity index (χ3n) is 14.2. The highest BCUT2D eigenvalue weighted by atomic mass is 16.6. The second-order valence-electron chi connectivity index (χ2n) is 20.9. The van der Waals surface area contributed by atoms with Crippen LogP contribution in [0.3, 0.4) is 0 Å². The van der Waals surface area contributed by atoms with Crippen molar-refractivity contribution in [2.24, 2.45) is 20.5 Å². The number of phenols is 2. The molecule has 0 aliphatic heterocycles. The quantitative estimate of drug-likeness (QED) is 0.0255. The summed E-state index contributed by atoms with van der Waals surface area (Å²) in [5, 5.41) is 44.3. The molecule has 0 unspecified atom stereocenters. The van der Waals surface area contributed by atoms with Crippen LogP contribution in [0.1, 0.15) is 230 Å². The van der Waals surface area contributed by atoms with Crippen molar-refractivity contribution in [3.05, 3.63) is 83.9 Å². The predicted molar refractivity (Wildman–Crippen MR) is 313 cm³/mol. The van der Waals surface area contributed by atoms with Gasteiger partial charge in [0, 0.05) is 25.2 Å². The summed E-state index contributed by atoms with van der Waals surface area (Å²) in [5.74, 6) is 0.147. The third kappa shape index (κ3) is 27.3. The summed E-state index contributed by atoms with van der Waals surface area (Å²) < 4.78 is 10.8. The molecule has 0 atom stereocenters. The van der Waals surface area contributed by atoms with Gasteiger partial charge in [-0.15, -0.1) is 10.2 Å². The largest absolute Gasteiger partial charge is 0.505 e. The second-order valence-corrected chi connectivity index (χ2v) is 20.9. The first-order valence-corrected chi connectivity index (χ1v) is 29.8. The number of hydrogen-bond donors (Lipinski definition) is 4. The van der Waals surface area contributed by atoms with Crippen molar-refractivity contribution < 1.29 is 29.3 Å². The normalized spacial score (nSPS) is 11.5. The number of azo groups is 2. The maximum absolute atomic E-state index is 12.4. The minimum Gasteiger partial charge on any atom is -0.505 e. The highest BCUT2D eigenvalue weighted by Crippen LogP contribution is 2.36. The number of amides is 2. The van der Waals surface area contributed by atoms with Crippen molar-refractivity contribution in [1.82, 2.24) is 10.6 Å². The zero-order valence-electron chi connectivity index (χ0n) is 47.3. The molecule has 4 aromatic rings. The summed E-state index contributed by atoms with van der Waals surface area (Å²) >= 11 is 0. The molecule has 0 radical (unpaired) electrons. The number of carbonyl (C=O) groups is 2. The Hall–Kier alpha value is -5.78. The Kier molecular flexibility index (Phi) is 32.7. The van der Waals surface area contributed by atoms with E-state index in [0.29, 0.717) is 24.5 Å². The Morgan fingerprint density at radius 2 is 0.632 bits per heavy atom. The van der Waals surface area contributed by atoms with Crippen LogP contribution in [-0.2, 0) is 0 Å². The maximum atomic E-state index is 12.4. The SMILES string of the molecule is CCCCCCCCCCCCCCCCCCNC(=O)Oc1ccc(N=Nc2ccc(-c3ccc(N=Nc4ccc(OC(=O)NCCCCCCCCCCCCCCCCCC)cc4O)c(C)c3)cc2C)c(O)c1. The van der Waals surface area contributed by atoms with Gasteiger partial charge in [-0.25, -0.2) is 9.59 Å². The van der Waals surface area contributed by atoms with Gasteiger partial charge in [0.25, 0.3) is 0 Å². The number of benzene rings is 4. The van der Waals surface area contributed by atoms with Gasteiger partial charge in [0.05, 0.1) is 11.4 Å². The Bertz CT molecular complexity index is 2140. The van der Waals surface area contributed by atoms with Crippen LogP contribution >= 0.6 is 0 Å². The van der Waals surface area contributed by atoms with E-state index in [4.69, 9.17) is 9.47 Å². The lowest BCUT2D eigenvalue weighted by molar-refractivity contribution is 0.199. The molecule has 0 fully saturated rings. The molecule has 0 bridgehead atoms. The van der Waals surface area contributed by atoms with Gasteiger partial charge in [0.1, 0.15) is 34.4 Å². The van der Waals surface area contributed by atoms with Gasteiger partial charge in [-0.05, 0) is 97.5 Å². The Morgan fingerprint density at radius 1 is 0.368 bits per heavy atom. The molecule has 2 amide bonds. The van der Waals surface area contributed by atoms with E-state index in [1.807, 2.05) is 50.2 Å². The number of rotatable bonds is 41. The van der Waals surface area contributed by atoms with Crippen LogP contribution in [0.2, 0.25) is 0 Å². The van der Waals surface area contributed by atoms with Crippen LogP contribution in [0, 0.1) is 13.8 Å². The Morgan fingerprint density at radius 3 is 0.908 bits per heavy atom. The number of phenolic OH excluding ortho intramolecular Hbond substituents is 2. The summed E-state index contributed by atoms with van der Waals surface area (Å²) in [6, 6.07) is 20.7. The fraction of sp³-hybridized carbons (Fsp3) is 0.594. The predicted octanol–water partition coefficient (Wildman–Crippen LogP) is 20.9. The molecule has 12 heteroatoms. The summed E-state index contributed by atoms with van der Waals surface area (Å²) in [4.78, 5) is 24.8. The first-order valence-electron chi connectivity index (χ1n) is 29.8. The van der Waals surface area contributed by atoms with Gasteiger partial charge in [-0.3, -0.25) is 0 Å². The van der Waals surface area contributed by atoms with E-state index in [1.54, 1.807) is 24.3 Å². The van der Waals surface area contributed by atoms with E-state index >= 15 is 0 Å². The number of unbranched alkanes of at least 4 members (excludes halogenated alkanes) is 30. The molecule has 418 valence electrons. The minimum atomic E-state index is -0.550. The van der Waals surface area contributed by atoms with E-state index in [-0.39, 0.29) is 34.4 Å². The molecule has 0 aliphatic rings. The molecule has 4 aromatic carbocycles. The maximum Gasteiger partial charge on any atom is 0.412 e. The fourth-order valence-electron chi connectivity index (χ4n) is 9.43. The van der Waals surface area contributed by atoms with E-state index in [9.17, 15) is 19.8 Å². The Labute approximate surface area is 457 Å². The first-order chi connectivity index (χ1) is 37.2. The van der Waals surface area contributed by atoms with Crippen molar-refractivity contribution in [3.63, 3.8) is 0 Å². The van der Waals surface area contributed by atoms with Gasteiger partial charge < -0.3 is 30.3 Å². The number of carbonyl (C=O) groups excluding carboxylic acids is 2. The number of ether oxygens (including phenoxy) is 2. The average molecular weight is 1050 g/mol. The standard InChI is InChI=1S/C64H96N6O6/c1-5-7-9-11-13-15-17-19-21-23-25-27-29-31-33-35-45-65-63(73)75-55-39-43-59(61(71)49-55)69-67-57-41-37-53(47-51(57)3)54-38-42-58(52(4)48-54)68-70-60-44-40-56(50-62(60)72)76-64(74)66-46-36-34-32-30-28-26-24-22-20-18-16-14-12-10-8-6-2/h37-44,47-50,71-72H,5-36,45-46H2,1-4H3,(H,65,73)(H,66,74). The van der Waals surface area contributed by atoms with Gasteiger partial charge in [0.2, 0.25) is 0 Å². The number of hydrogen-bond acceptors (Lipinski definition) is 10. The molecule has 76 heavy (non-hydrogen) atoms.